The summed E-state index contributed by atoms with van der Waals surface area (Å²) in [6, 6.07) is 6.47. The number of hydrogen-bond acceptors (Lipinski definition) is 2. The molecule has 1 fully saturated rings. The summed E-state index contributed by atoms with van der Waals surface area (Å²) in [5.41, 5.74) is 4.16. The lowest BCUT2D eigenvalue weighted by Crippen LogP contribution is -2.23. The predicted octanol–water partition coefficient (Wildman–Crippen LogP) is 3.62. The van der Waals surface area contributed by atoms with Crippen LogP contribution in [0.3, 0.4) is 0 Å². The van der Waals surface area contributed by atoms with E-state index >= 15 is 0 Å². The molecule has 18 heavy (non-hydrogen) atoms. The van der Waals surface area contributed by atoms with Crippen LogP contribution >= 0.6 is 0 Å². The molecule has 0 unspecified atom stereocenters. The zero-order valence-corrected chi connectivity index (χ0v) is 11.1. The lowest BCUT2D eigenvalue weighted by molar-refractivity contribution is 0.414. The van der Waals surface area contributed by atoms with E-state index in [0.29, 0.717) is 5.92 Å². The molecule has 0 atom stereocenters. The topological polar surface area (TPSA) is 21.6 Å². The smallest absolute Gasteiger partial charge is 0.119 e. The van der Waals surface area contributed by atoms with E-state index in [1.807, 2.05) is 0 Å². The van der Waals surface area contributed by atoms with Crippen LogP contribution in [0.15, 0.2) is 23.2 Å². The fraction of sp³-hybridized carbons (Fsp3) is 0.562. The van der Waals surface area contributed by atoms with Crippen molar-refractivity contribution in [1.29, 1.82) is 0 Å². The van der Waals surface area contributed by atoms with E-state index in [4.69, 9.17) is 9.73 Å². The van der Waals surface area contributed by atoms with Gasteiger partial charge in [-0.05, 0) is 37.0 Å². The standard InChI is InChI=1S/C16H21NO/c1-18-14-8-7-12-9-10-17-16(15(12)11-14)13-5-3-2-4-6-13/h7-8,11,13H,2-6,9-10H2,1H3. The summed E-state index contributed by atoms with van der Waals surface area (Å²) in [5.74, 6) is 1.64. The van der Waals surface area contributed by atoms with Crippen molar-refractivity contribution in [3.05, 3.63) is 29.3 Å². The fourth-order valence-corrected chi connectivity index (χ4v) is 3.25. The van der Waals surface area contributed by atoms with E-state index < -0.39 is 0 Å². The van der Waals surface area contributed by atoms with Crippen LogP contribution in [-0.4, -0.2) is 19.4 Å². The van der Waals surface area contributed by atoms with Crippen molar-refractivity contribution in [2.24, 2.45) is 10.9 Å². The quantitative estimate of drug-likeness (QED) is 0.777. The third-order valence-corrected chi connectivity index (χ3v) is 4.25. The van der Waals surface area contributed by atoms with Crippen LogP contribution in [0.25, 0.3) is 0 Å². The Kier molecular flexibility index (Phi) is 3.35. The second-order valence-electron chi connectivity index (χ2n) is 5.37. The van der Waals surface area contributed by atoms with Gasteiger partial charge in [0.1, 0.15) is 5.75 Å². The fourth-order valence-electron chi connectivity index (χ4n) is 3.25. The molecule has 0 amide bonds. The molecule has 0 spiro atoms. The molecule has 96 valence electrons. The Labute approximate surface area is 109 Å². The Bertz CT molecular complexity index is 458. The van der Waals surface area contributed by atoms with Gasteiger partial charge in [0.15, 0.2) is 0 Å². The van der Waals surface area contributed by atoms with Crippen LogP contribution in [0.2, 0.25) is 0 Å². The average molecular weight is 243 g/mol. The normalized spacial score (nSPS) is 20.2. The highest BCUT2D eigenvalue weighted by Crippen LogP contribution is 2.31. The molecule has 0 N–H and O–H groups in total. The lowest BCUT2D eigenvalue weighted by Gasteiger charge is -2.27. The van der Waals surface area contributed by atoms with Gasteiger partial charge in [-0.1, -0.05) is 25.3 Å². The first kappa shape index (κ1) is 11.8. The average Bonchev–Trinajstić information content (AvgIpc) is 2.47. The van der Waals surface area contributed by atoms with Gasteiger partial charge in [0.2, 0.25) is 0 Å². The maximum Gasteiger partial charge on any atom is 0.119 e. The highest BCUT2D eigenvalue weighted by atomic mass is 16.5. The van der Waals surface area contributed by atoms with Gasteiger partial charge in [0, 0.05) is 23.7 Å². The Morgan fingerprint density at radius 3 is 2.78 bits per heavy atom. The van der Waals surface area contributed by atoms with E-state index in [9.17, 15) is 0 Å². The van der Waals surface area contributed by atoms with Gasteiger partial charge >= 0.3 is 0 Å². The molecule has 1 aromatic carbocycles. The number of benzene rings is 1. The van der Waals surface area contributed by atoms with Crippen molar-refractivity contribution >= 4 is 5.71 Å². The molecule has 2 heteroatoms. The minimum atomic E-state index is 0.685. The summed E-state index contributed by atoms with van der Waals surface area (Å²) >= 11 is 0. The van der Waals surface area contributed by atoms with Crippen LogP contribution in [0.5, 0.6) is 5.75 Å². The van der Waals surface area contributed by atoms with Crippen molar-refractivity contribution in [3.8, 4) is 5.75 Å². The summed E-state index contributed by atoms with van der Waals surface area (Å²) < 4.78 is 5.36. The number of ether oxygens (including phenoxy) is 1. The predicted molar refractivity (Wildman–Crippen MR) is 74.7 cm³/mol. The first-order valence-corrected chi connectivity index (χ1v) is 7.10. The Morgan fingerprint density at radius 2 is 2.00 bits per heavy atom. The highest BCUT2D eigenvalue weighted by molar-refractivity contribution is 6.04. The van der Waals surface area contributed by atoms with Gasteiger partial charge < -0.3 is 4.74 Å². The summed E-state index contributed by atoms with van der Waals surface area (Å²) in [4.78, 5) is 4.83. The first-order chi connectivity index (χ1) is 8.88. The number of aliphatic imine (C=N–C) groups is 1. The zero-order chi connectivity index (χ0) is 12.4. The number of rotatable bonds is 2. The number of fused-ring (bicyclic) bond motifs is 1. The van der Waals surface area contributed by atoms with Crippen molar-refractivity contribution in [2.45, 2.75) is 38.5 Å². The van der Waals surface area contributed by atoms with Crippen LogP contribution in [0, 0.1) is 5.92 Å². The molecule has 1 aromatic rings. The maximum atomic E-state index is 5.36. The maximum absolute atomic E-state index is 5.36. The van der Waals surface area contributed by atoms with Crippen molar-refractivity contribution in [3.63, 3.8) is 0 Å². The third kappa shape index (κ3) is 2.16. The molecule has 1 heterocycles. The van der Waals surface area contributed by atoms with E-state index in [0.717, 1.165) is 18.7 Å². The molecule has 2 aliphatic rings. The van der Waals surface area contributed by atoms with Gasteiger partial charge in [0.05, 0.1) is 7.11 Å². The molecular weight excluding hydrogens is 222 g/mol. The van der Waals surface area contributed by atoms with Crippen molar-refractivity contribution < 1.29 is 4.74 Å². The number of methoxy groups -OCH3 is 1. The molecule has 1 aliphatic heterocycles. The van der Waals surface area contributed by atoms with E-state index in [1.54, 1.807) is 7.11 Å². The molecule has 1 aliphatic carbocycles. The van der Waals surface area contributed by atoms with Crippen molar-refractivity contribution in [1.82, 2.24) is 0 Å². The van der Waals surface area contributed by atoms with Crippen molar-refractivity contribution in [2.75, 3.05) is 13.7 Å². The minimum Gasteiger partial charge on any atom is -0.497 e. The first-order valence-electron chi connectivity index (χ1n) is 7.10. The molecule has 2 nitrogen and oxygen atoms in total. The largest absolute Gasteiger partial charge is 0.497 e. The van der Waals surface area contributed by atoms with Crippen LogP contribution < -0.4 is 4.74 Å². The van der Waals surface area contributed by atoms with Gasteiger partial charge in [-0.2, -0.15) is 0 Å². The molecule has 0 bridgehead atoms. The summed E-state index contributed by atoms with van der Waals surface area (Å²) in [5, 5.41) is 0. The molecule has 3 rings (SSSR count). The molecule has 0 saturated heterocycles. The Balaban J connectivity index is 1.94. The second-order valence-corrected chi connectivity index (χ2v) is 5.37. The van der Waals surface area contributed by atoms with Gasteiger partial charge in [0.25, 0.3) is 0 Å². The summed E-state index contributed by atoms with van der Waals surface area (Å²) in [6.45, 7) is 0.963. The molecule has 1 saturated carbocycles. The van der Waals surface area contributed by atoms with E-state index in [1.165, 1.54) is 48.9 Å². The summed E-state index contributed by atoms with van der Waals surface area (Å²) in [6.07, 6.45) is 7.83. The van der Waals surface area contributed by atoms with Crippen LogP contribution in [0.4, 0.5) is 0 Å². The lowest BCUT2D eigenvalue weighted by atomic mass is 9.81. The summed E-state index contributed by atoms with van der Waals surface area (Å²) in [7, 11) is 1.74. The van der Waals surface area contributed by atoms with Crippen LogP contribution in [0.1, 0.15) is 43.2 Å². The van der Waals surface area contributed by atoms with Crippen LogP contribution in [-0.2, 0) is 6.42 Å². The monoisotopic (exact) mass is 243 g/mol. The van der Waals surface area contributed by atoms with Gasteiger partial charge in [-0.3, -0.25) is 4.99 Å². The Hall–Kier alpha value is -1.31. The molecule has 0 radical (unpaired) electrons. The van der Waals surface area contributed by atoms with E-state index in [2.05, 4.69) is 18.2 Å². The highest BCUT2D eigenvalue weighted by Gasteiger charge is 2.24. The number of hydrogen-bond donors (Lipinski definition) is 0. The minimum absolute atomic E-state index is 0.685. The van der Waals surface area contributed by atoms with E-state index in [-0.39, 0.29) is 0 Å². The van der Waals surface area contributed by atoms with Gasteiger partial charge in [-0.15, -0.1) is 0 Å². The SMILES string of the molecule is COc1ccc2c(c1)C(C1CCCCC1)=NCC2. The Morgan fingerprint density at radius 1 is 1.17 bits per heavy atom. The number of nitrogens with zero attached hydrogens (tertiary/aromatic N) is 1. The third-order valence-electron chi connectivity index (χ3n) is 4.25. The molecule has 0 aromatic heterocycles. The molecular formula is C16H21NO. The second kappa shape index (κ2) is 5.13. The van der Waals surface area contributed by atoms with Gasteiger partial charge in [-0.25, -0.2) is 0 Å². The zero-order valence-electron chi connectivity index (χ0n) is 11.1.